The number of nitrogens with one attached hydrogen (secondary N) is 1. The van der Waals surface area contributed by atoms with E-state index in [1.165, 1.54) is 10.8 Å². The molecule has 0 aromatic heterocycles. The molecule has 1 unspecified atom stereocenters. The summed E-state index contributed by atoms with van der Waals surface area (Å²) in [6.45, 7) is 0. The Hall–Kier alpha value is -2.32. The Balaban J connectivity index is 2.02. The molecule has 0 saturated heterocycles. The summed E-state index contributed by atoms with van der Waals surface area (Å²) in [4.78, 5) is 12.1. The third-order valence-electron chi connectivity index (χ3n) is 4.26. The van der Waals surface area contributed by atoms with Gasteiger partial charge in [0.15, 0.2) is 0 Å². The van der Waals surface area contributed by atoms with Crippen LogP contribution in [0.25, 0.3) is 10.8 Å². The van der Waals surface area contributed by atoms with Gasteiger partial charge in [-0.3, -0.25) is 4.79 Å². The zero-order chi connectivity index (χ0) is 15.1. The smallest absolute Gasteiger partial charge is 0.225 e. The lowest BCUT2D eigenvalue weighted by atomic mass is 9.82. The molecule has 1 aliphatic heterocycles. The average Bonchev–Trinajstić information content (AvgIpc) is 2.54. The van der Waals surface area contributed by atoms with Crippen LogP contribution in [-0.4, -0.2) is 5.91 Å². The fraction of sp³-hybridized carbons (Fsp3) is 0.105. The number of hydrogen-bond donors (Lipinski definition) is 1. The van der Waals surface area contributed by atoms with E-state index in [-0.39, 0.29) is 11.8 Å². The van der Waals surface area contributed by atoms with Crippen LogP contribution < -0.4 is 5.32 Å². The molecule has 0 spiro atoms. The summed E-state index contributed by atoms with van der Waals surface area (Å²) < 4.78 is 0. The lowest BCUT2D eigenvalue weighted by molar-refractivity contribution is -0.116. The Labute approximate surface area is 133 Å². The summed E-state index contributed by atoms with van der Waals surface area (Å²) in [5.41, 5.74) is 3.06. The van der Waals surface area contributed by atoms with E-state index in [0.29, 0.717) is 11.4 Å². The molecule has 0 radical (unpaired) electrons. The fourth-order valence-electron chi connectivity index (χ4n) is 3.29. The van der Waals surface area contributed by atoms with Gasteiger partial charge in [-0.05, 0) is 34.0 Å². The van der Waals surface area contributed by atoms with E-state index in [1.807, 2.05) is 48.5 Å². The van der Waals surface area contributed by atoms with Crippen LogP contribution in [0.3, 0.4) is 0 Å². The summed E-state index contributed by atoms with van der Waals surface area (Å²) in [6, 6.07) is 20.1. The summed E-state index contributed by atoms with van der Waals surface area (Å²) >= 11 is 6.39. The van der Waals surface area contributed by atoms with Crippen LogP contribution in [0.1, 0.15) is 23.5 Å². The second-order valence-electron chi connectivity index (χ2n) is 5.57. The number of amides is 1. The second-order valence-corrected chi connectivity index (χ2v) is 5.98. The molecular weight excluding hydrogens is 294 g/mol. The van der Waals surface area contributed by atoms with Gasteiger partial charge in [0.25, 0.3) is 0 Å². The molecule has 3 heteroatoms. The van der Waals surface area contributed by atoms with Gasteiger partial charge in [0.1, 0.15) is 0 Å². The highest BCUT2D eigenvalue weighted by Gasteiger charge is 2.29. The molecule has 3 aromatic carbocycles. The van der Waals surface area contributed by atoms with Crippen molar-refractivity contribution in [1.82, 2.24) is 0 Å². The molecule has 0 bridgehead atoms. The zero-order valence-electron chi connectivity index (χ0n) is 11.8. The molecule has 0 aliphatic carbocycles. The van der Waals surface area contributed by atoms with Crippen molar-refractivity contribution in [3.8, 4) is 0 Å². The van der Waals surface area contributed by atoms with Crippen LogP contribution in [-0.2, 0) is 4.79 Å². The van der Waals surface area contributed by atoms with Crippen molar-refractivity contribution < 1.29 is 4.79 Å². The molecule has 1 amide bonds. The normalized spacial score (nSPS) is 17.1. The minimum absolute atomic E-state index is 0.0106. The number of fused-ring (bicyclic) bond motifs is 3. The quantitative estimate of drug-likeness (QED) is 0.676. The van der Waals surface area contributed by atoms with Gasteiger partial charge in [-0.15, -0.1) is 0 Å². The minimum Gasteiger partial charge on any atom is -0.326 e. The highest BCUT2D eigenvalue weighted by molar-refractivity contribution is 6.31. The molecule has 22 heavy (non-hydrogen) atoms. The highest BCUT2D eigenvalue weighted by atomic mass is 35.5. The van der Waals surface area contributed by atoms with Crippen LogP contribution in [0.2, 0.25) is 5.02 Å². The largest absolute Gasteiger partial charge is 0.326 e. The molecular formula is C19H14ClNO. The van der Waals surface area contributed by atoms with Crippen LogP contribution in [0.15, 0.2) is 60.7 Å². The first kappa shape index (κ1) is 13.4. The zero-order valence-corrected chi connectivity index (χ0v) is 12.6. The fourth-order valence-corrected chi connectivity index (χ4v) is 3.56. The molecule has 1 aliphatic rings. The van der Waals surface area contributed by atoms with E-state index < -0.39 is 0 Å². The first-order valence-corrected chi connectivity index (χ1v) is 7.68. The molecule has 0 saturated carbocycles. The van der Waals surface area contributed by atoms with Crippen molar-refractivity contribution in [2.24, 2.45) is 0 Å². The Morgan fingerprint density at radius 2 is 1.73 bits per heavy atom. The van der Waals surface area contributed by atoms with Gasteiger partial charge < -0.3 is 5.32 Å². The maximum Gasteiger partial charge on any atom is 0.225 e. The van der Waals surface area contributed by atoms with Crippen molar-refractivity contribution in [3.05, 3.63) is 76.8 Å². The Kier molecular flexibility index (Phi) is 3.12. The van der Waals surface area contributed by atoms with Crippen LogP contribution >= 0.6 is 11.6 Å². The van der Waals surface area contributed by atoms with Gasteiger partial charge in [0.2, 0.25) is 5.91 Å². The number of rotatable bonds is 1. The molecule has 1 N–H and O–H groups in total. The standard InChI is InChI=1S/C19H14ClNO/c20-16-8-4-3-7-14(16)15-11-18(22)21-17-10-9-12-5-1-2-6-13(12)19(15)17/h1-10,15H,11H2,(H,21,22). The highest BCUT2D eigenvalue weighted by Crippen LogP contribution is 2.43. The third-order valence-corrected chi connectivity index (χ3v) is 4.61. The van der Waals surface area contributed by atoms with E-state index in [0.717, 1.165) is 16.8 Å². The maximum atomic E-state index is 12.1. The Morgan fingerprint density at radius 3 is 2.59 bits per heavy atom. The lowest BCUT2D eigenvalue weighted by Crippen LogP contribution is -2.23. The molecule has 1 heterocycles. The van der Waals surface area contributed by atoms with Gasteiger partial charge in [-0.2, -0.15) is 0 Å². The number of halogens is 1. The maximum absolute atomic E-state index is 12.1. The summed E-state index contributed by atoms with van der Waals surface area (Å²) in [5, 5.41) is 6.05. The molecule has 108 valence electrons. The first-order valence-electron chi connectivity index (χ1n) is 7.30. The van der Waals surface area contributed by atoms with Gasteiger partial charge in [0, 0.05) is 23.0 Å². The molecule has 3 aromatic rings. The number of benzene rings is 3. The lowest BCUT2D eigenvalue weighted by Gasteiger charge is -2.28. The first-order chi connectivity index (χ1) is 10.7. The SMILES string of the molecule is O=C1CC(c2ccccc2Cl)c2c(ccc3ccccc23)N1. The second kappa shape index (κ2) is 5.15. The predicted octanol–water partition coefficient (Wildman–Crippen LogP) is 4.97. The van der Waals surface area contributed by atoms with Gasteiger partial charge in [-0.25, -0.2) is 0 Å². The van der Waals surface area contributed by atoms with Crippen molar-refractivity contribution in [3.63, 3.8) is 0 Å². The molecule has 1 atom stereocenters. The topological polar surface area (TPSA) is 29.1 Å². The number of hydrogen-bond acceptors (Lipinski definition) is 1. The van der Waals surface area contributed by atoms with Crippen LogP contribution in [0.5, 0.6) is 0 Å². The van der Waals surface area contributed by atoms with Crippen molar-refractivity contribution in [1.29, 1.82) is 0 Å². The van der Waals surface area contributed by atoms with Crippen LogP contribution in [0.4, 0.5) is 5.69 Å². The van der Waals surface area contributed by atoms with Crippen LogP contribution in [0, 0.1) is 0 Å². The average molecular weight is 308 g/mol. The monoisotopic (exact) mass is 307 g/mol. The van der Waals surface area contributed by atoms with Gasteiger partial charge in [-0.1, -0.05) is 60.1 Å². The summed E-state index contributed by atoms with van der Waals surface area (Å²) in [6.07, 6.45) is 0.421. The Morgan fingerprint density at radius 1 is 0.955 bits per heavy atom. The number of carbonyl (C=O) groups excluding carboxylic acids is 1. The Bertz CT molecular complexity index is 887. The summed E-state index contributed by atoms with van der Waals surface area (Å²) in [5.74, 6) is 0.0243. The van der Waals surface area contributed by atoms with E-state index in [2.05, 4.69) is 17.4 Å². The van der Waals surface area contributed by atoms with Gasteiger partial charge >= 0.3 is 0 Å². The van der Waals surface area contributed by atoms with Crippen molar-refractivity contribution in [2.75, 3.05) is 5.32 Å². The van der Waals surface area contributed by atoms with E-state index in [9.17, 15) is 4.79 Å². The van der Waals surface area contributed by atoms with Gasteiger partial charge in [0.05, 0.1) is 0 Å². The van der Waals surface area contributed by atoms with E-state index >= 15 is 0 Å². The van der Waals surface area contributed by atoms with E-state index in [1.54, 1.807) is 0 Å². The minimum atomic E-state index is -0.0106. The van der Waals surface area contributed by atoms with Crippen molar-refractivity contribution in [2.45, 2.75) is 12.3 Å². The molecule has 2 nitrogen and oxygen atoms in total. The third kappa shape index (κ3) is 2.08. The molecule has 4 rings (SSSR count). The molecule has 0 fully saturated rings. The predicted molar refractivity (Wildman–Crippen MR) is 90.5 cm³/mol. The number of anilines is 1. The summed E-state index contributed by atoms with van der Waals surface area (Å²) in [7, 11) is 0. The number of carbonyl (C=O) groups is 1. The van der Waals surface area contributed by atoms with Crippen molar-refractivity contribution >= 4 is 34.0 Å². The van der Waals surface area contributed by atoms with E-state index in [4.69, 9.17) is 11.6 Å².